The molecule has 0 spiro atoms. The van der Waals surface area contributed by atoms with Crippen LogP contribution in [-0.4, -0.2) is 57.5 Å². The van der Waals surface area contributed by atoms with Crippen LogP contribution in [0.15, 0.2) is 12.4 Å². The third kappa shape index (κ3) is 2.54. The molecule has 0 bridgehead atoms. The van der Waals surface area contributed by atoms with Gasteiger partial charge in [-0.2, -0.15) is 5.10 Å². The molecule has 1 amide bonds. The molecule has 1 aromatic rings. The lowest BCUT2D eigenvalue weighted by Gasteiger charge is -2.39. The Kier molecular flexibility index (Phi) is 3.46. The Labute approximate surface area is 130 Å². The average molecular weight is 304 g/mol. The number of rotatable bonds is 4. The van der Waals surface area contributed by atoms with E-state index in [1.54, 1.807) is 0 Å². The second-order valence-electron chi connectivity index (χ2n) is 7.08. The number of β-amino-alcohol motifs (C(OH)–C–C–N with tert-alkyl or cyclic N) is 1. The summed E-state index contributed by atoms with van der Waals surface area (Å²) in [5, 5.41) is 14.8. The van der Waals surface area contributed by atoms with E-state index in [0.717, 1.165) is 64.0 Å². The maximum absolute atomic E-state index is 11.8. The van der Waals surface area contributed by atoms with Crippen LogP contribution in [0.2, 0.25) is 0 Å². The Bertz CT molecular complexity index is 566. The topological polar surface area (TPSA) is 61.6 Å². The van der Waals surface area contributed by atoms with Crippen LogP contribution in [0.4, 0.5) is 5.69 Å². The fourth-order valence-electron chi connectivity index (χ4n) is 3.92. The second kappa shape index (κ2) is 5.35. The molecule has 1 atom stereocenters. The predicted octanol–water partition coefficient (Wildman–Crippen LogP) is 1.17. The molecule has 3 aliphatic rings. The Hall–Kier alpha value is -1.40. The number of aliphatic hydroxyl groups is 1. The normalized spacial score (nSPS) is 28.3. The van der Waals surface area contributed by atoms with Gasteiger partial charge in [0.2, 0.25) is 5.91 Å². The minimum Gasteiger partial charge on any atom is -0.389 e. The van der Waals surface area contributed by atoms with Crippen molar-refractivity contribution in [3.8, 4) is 0 Å². The minimum absolute atomic E-state index is 0.208. The molecular weight excluding hydrogens is 280 g/mol. The highest BCUT2D eigenvalue weighted by Gasteiger charge is 2.38. The SMILES string of the molecule is O=C1CCCN1c1cnn(C2CCN(CC3(O)CCC3)C2)c1. The molecular formula is C16H24N4O2. The van der Waals surface area contributed by atoms with Gasteiger partial charge in [0.05, 0.1) is 23.5 Å². The van der Waals surface area contributed by atoms with Crippen LogP contribution in [0.1, 0.15) is 44.6 Å². The number of hydrogen-bond donors (Lipinski definition) is 1. The number of aromatic nitrogens is 2. The summed E-state index contributed by atoms with van der Waals surface area (Å²) in [6, 6.07) is 0.357. The van der Waals surface area contributed by atoms with Crippen LogP contribution in [0.25, 0.3) is 0 Å². The minimum atomic E-state index is -0.438. The summed E-state index contributed by atoms with van der Waals surface area (Å²) in [6.45, 7) is 3.57. The number of amides is 1. The van der Waals surface area contributed by atoms with Crippen LogP contribution >= 0.6 is 0 Å². The van der Waals surface area contributed by atoms with Crippen LogP contribution in [-0.2, 0) is 4.79 Å². The highest BCUT2D eigenvalue weighted by atomic mass is 16.3. The van der Waals surface area contributed by atoms with Crippen molar-refractivity contribution in [2.45, 2.75) is 50.2 Å². The van der Waals surface area contributed by atoms with Gasteiger partial charge in [-0.05, 0) is 32.1 Å². The summed E-state index contributed by atoms with van der Waals surface area (Å²) in [4.78, 5) is 16.0. The van der Waals surface area contributed by atoms with Gasteiger partial charge in [0, 0.05) is 38.8 Å². The number of anilines is 1. The Balaban J connectivity index is 1.39. The summed E-state index contributed by atoms with van der Waals surface area (Å²) in [5.74, 6) is 0.208. The molecule has 1 unspecified atom stereocenters. The van der Waals surface area contributed by atoms with Crippen LogP contribution in [0.5, 0.6) is 0 Å². The molecule has 0 aromatic carbocycles. The van der Waals surface area contributed by atoms with Crippen molar-refractivity contribution in [1.82, 2.24) is 14.7 Å². The maximum Gasteiger partial charge on any atom is 0.227 e. The molecule has 1 saturated carbocycles. The third-order valence-corrected chi connectivity index (χ3v) is 5.40. The quantitative estimate of drug-likeness (QED) is 0.907. The maximum atomic E-state index is 11.8. The lowest BCUT2D eigenvalue weighted by Crippen LogP contribution is -2.47. The fraction of sp³-hybridized carbons (Fsp3) is 0.750. The summed E-state index contributed by atoms with van der Waals surface area (Å²) in [7, 11) is 0. The largest absolute Gasteiger partial charge is 0.389 e. The summed E-state index contributed by atoms with van der Waals surface area (Å²) in [6.07, 6.45) is 9.52. The number of likely N-dealkylation sites (tertiary alicyclic amines) is 1. The second-order valence-corrected chi connectivity index (χ2v) is 7.08. The van der Waals surface area contributed by atoms with E-state index >= 15 is 0 Å². The smallest absolute Gasteiger partial charge is 0.227 e. The van der Waals surface area contributed by atoms with Gasteiger partial charge in [0.1, 0.15) is 0 Å². The van der Waals surface area contributed by atoms with E-state index in [1.807, 2.05) is 22.0 Å². The molecule has 3 heterocycles. The van der Waals surface area contributed by atoms with Crippen molar-refractivity contribution in [1.29, 1.82) is 0 Å². The van der Waals surface area contributed by atoms with Gasteiger partial charge in [-0.1, -0.05) is 0 Å². The van der Waals surface area contributed by atoms with Gasteiger partial charge >= 0.3 is 0 Å². The van der Waals surface area contributed by atoms with E-state index in [-0.39, 0.29) is 5.91 Å². The molecule has 6 nitrogen and oxygen atoms in total. The average Bonchev–Trinajstić information content (AvgIpc) is 3.16. The first kappa shape index (κ1) is 14.2. The summed E-state index contributed by atoms with van der Waals surface area (Å²) >= 11 is 0. The van der Waals surface area contributed by atoms with Gasteiger partial charge in [0.25, 0.3) is 0 Å². The van der Waals surface area contributed by atoms with E-state index in [0.29, 0.717) is 12.5 Å². The highest BCUT2D eigenvalue weighted by molar-refractivity contribution is 5.95. The van der Waals surface area contributed by atoms with Gasteiger partial charge in [-0.25, -0.2) is 0 Å². The van der Waals surface area contributed by atoms with E-state index in [2.05, 4.69) is 10.00 Å². The van der Waals surface area contributed by atoms with Crippen LogP contribution in [0, 0.1) is 0 Å². The molecule has 4 rings (SSSR count). The number of carbonyl (C=O) groups is 1. The van der Waals surface area contributed by atoms with Crippen molar-refractivity contribution in [3.05, 3.63) is 12.4 Å². The molecule has 1 N–H and O–H groups in total. The fourth-order valence-corrected chi connectivity index (χ4v) is 3.92. The van der Waals surface area contributed by atoms with Gasteiger partial charge < -0.3 is 10.0 Å². The molecule has 2 aliphatic heterocycles. The third-order valence-electron chi connectivity index (χ3n) is 5.40. The lowest BCUT2D eigenvalue weighted by atomic mass is 9.80. The number of carbonyl (C=O) groups excluding carboxylic acids is 1. The van der Waals surface area contributed by atoms with Gasteiger partial charge in [0.15, 0.2) is 0 Å². The van der Waals surface area contributed by atoms with Crippen LogP contribution < -0.4 is 4.90 Å². The van der Waals surface area contributed by atoms with Gasteiger partial charge in [-0.3, -0.25) is 14.4 Å². The molecule has 1 aromatic heterocycles. The Morgan fingerprint density at radius 2 is 2.18 bits per heavy atom. The zero-order valence-electron chi connectivity index (χ0n) is 12.9. The van der Waals surface area contributed by atoms with Crippen molar-refractivity contribution >= 4 is 11.6 Å². The number of hydrogen-bond acceptors (Lipinski definition) is 4. The van der Waals surface area contributed by atoms with E-state index in [1.165, 1.54) is 0 Å². The van der Waals surface area contributed by atoms with Crippen molar-refractivity contribution in [3.63, 3.8) is 0 Å². The zero-order chi connectivity index (χ0) is 15.2. The Morgan fingerprint density at radius 1 is 1.32 bits per heavy atom. The lowest BCUT2D eigenvalue weighted by molar-refractivity contribution is -0.117. The molecule has 3 fully saturated rings. The van der Waals surface area contributed by atoms with E-state index in [4.69, 9.17) is 0 Å². The number of nitrogens with zero attached hydrogens (tertiary/aromatic N) is 4. The van der Waals surface area contributed by atoms with Crippen molar-refractivity contribution in [2.75, 3.05) is 31.1 Å². The highest BCUT2D eigenvalue weighted by Crippen LogP contribution is 2.34. The first-order valence-electron chi connectivity index (χ1n) is 8.42. The zero-order valence-corrected chi connectivity index (χ0v) is 12.9. The van der Waals surface area contributed by atoms with E-state index in [9.17, 15) is 9.90 Å². The van der Waals surface area contributed by atoms with Crippen molar-refractivity contribution < 1.29 is 9.90 Å². The standard InChI is InChI=1S/C16H24N4O2/c21-15-3-1-7-19(15)14-9-17-20(11-14)13-4-8-18(10-13)12-16(22)5-2-6-16/h9,11,13,22H,1-8,10,12H2. The summed E-state index contributed by atoms with van der Waals surface area (Å²) in [5.41, 5.74) is 0.491. The molecule has 2 saturated heterocycles. The molecule has 22 heavy (non-hydrogen) atoms. The van der Waals surface area contributed by atoms with E-state index < -0.39 is 5.60 Å². The Morgan fingerprint density at radius 3 is 2.86 bits per heavy atom. The first-order chi connectivity index (χ1) is 10.6. The monoisotopic (exact) mass is 304 g/mol. The molecule has 120 valence electrons. The molecule has 1 aliphatic carbocycles. The molecule has 6 heteroatoms. The molecule has 0 radical (unpaired) electrons. The van der Waals surface area contributed by atoms with Crippen molar-refractivity contribution in [2.24, 2.45) is 0 Å². The van der Waals surface area contributed by atoms with Crippen LogP contribution in [0.3, 0.4) is 0 Å². The predicted molar refractivity (Wildman–Crippen MR) is 82.7 cm³/mol. The summed E-state index contributed by atoms with van der Waals surface area (Å²) < 4.78 is 2.01. The first-order valence-corrected chi connectivity index (χ1v) is 8.42. The van der Waals surface area contributed by atoms with Gasteiger partial charge in [-0.15, -0.1) is 0 Å².